The quantitative estimate of drug-likeness (QED) is 0.797. The Morgan fingerprint density at radius 3 is 2.56 bits per heavy atom. The zero-order valence-corrected chi connectivity index (χ0v) is 9.49. The van der Waals surface area contributed by atoms with Crippen LogP contribution >= 0.6 is 0 Å². The maximum atomic E-state index is 11.3. The number of carbonyl (C=O) groups excluding carboxylic acids is 2. The molecule has 5 heteroatoms. The first-order valence-electron chi connectivity index (χ1n) is 5.11. The molecule has 0 unspecified atom stereocenters. The van der Waals surface area contributed by atoms with E-state index < -0.39 is 0 Å². The Hall–Kier alpha value is -1.78. The molecule has 0 saturated carbocycles. The van der Waals surface area contributed by atoms with Crippen LogP contribution in [-0.2, 0) is 16.1 Å². The van der Waals surface area contributed by atoms with Gasteiger partial charge in [-0.3, -0.25) is 14.8 Å². The van der Waals surface area contributed by atoms with Gasteiger partial charge in [0.15, 0.2) is 0 Å². The normalized spacial score (nSPS) is 9.88. The van der Waals surface area contributed by atoms with Crippen LogP contribution < -0.4 is 5.32 Å². The van der Waals surface area contributed by atoms with Gasteiger partial charge in [0.1, 0.15) is 5.78 Å². The third-order valence-electron chi connectivity index (χ3n) is 2.01. The van der Waals surface area contributed by atoms with Crippen molar-refractivity contribution in [1.82, 2.24) is 15.3 Å². The fraction of sp³-hybridized carbons (Fsp3) is 0.455. The topological polar surface area (TPSA) is 72.0 Å². The Balaban J connectivity index is 2.31. The maximum absolute atomic E-state index is 11.3. The van der Waals surface area contributed by atoms with E-state index in [2.05, 4.69) is 15.3 Å². The molecule has 16 heavy (non-hydrogen) atoms. The molecule has 86 valence electrons. The molecule has 1 rings (SSSR count). The SMILES string of the molecule is CC(=O)CCC(=O)NCc1cnc(C)cn1. The number of nitrogens with one attached hydrogen (secondary N) is 1. The van der Waals surface area contributed by atoms with Gasteiger partial charge in [-0.25, -0.2) is 0 Å². The zero-order chi connectivity index (χ0) is 12.0. The van der Waals surface area contributed by atoms with Gasteiger partial charge in [-0.1, -0.05) is 0 Å². The predicted octanol–water partition coefficient (Wildman–Crippen LogP) is 0.770. The highest BCUT2D eigenvalue weighted by atomic mass is 16.2. The highest BCUT2D eigenvalue weighted by Gasteiger charge is 2.03. The highest BCUT2D eigenvalue weighted by molar-refractivity contribution is 5.83. The number of hydrogen-bond donors (Lipinski definition) is 1. The fourth-order valence-electron chi connectivity index (χ4n) is 1.08. The van der Waals surface area contributed by atoms with Crippen molar-refractivity contribution < 1.29 is 9.59 Å². The zero-order valence-electron chi connectivity index (χ0n) is 9.49. The Labute approximate surface area is 94.3 Å². The molecule has 0 aliphatic heterocycles. The van der Waals surface area contributed by atoms with E-state index in [9.17, 15) is 9.59 Å². The summed E-state index contributed by atoms with van der Waals surface area (Å²) in [7, 11) is 0. The summed E-state index contributed by atoms with van der Waals surface area (Å²) in [6, 6.07) is 0. The van der Waals surface area contributed by atoms with Crippen molar-refractivity contribution in [2.45, 2.75) is 33.2 Å². The Kier molecular flexibility index (Phi) is 4.57. The van der Waals surface area contributed by atoms with Gasteiger partial charge in [-0.15, -0.1) is 0 Å². The van der Waals surface area contributed by atoms with Gasteiger partial charge in [-0.05, 0) is 13.8 Å². The summed E-state index contributed by atoms with van der Waals surface area (Å²) in [6.45, 7) is 3.67. The highest BCUT2D eigenvalue weighted by Crippen LogP contribution is 1.95. The number of ketones is 1. The minimum absolute atomic E-state index is 0.0188. The molecule has 0 bridgehead atoms. The standard InChI is InChI=1S/C11H15N3O2/c1-8-5-13-10(6-12-8)7-14-11(16)4-3-9(2)15/h5-6H,3-4,7H2,1-2H3,(H,14,16). The summed E-state index contributed by atoms with van der Waals surface area (Å²) in [5, 5.41) is 2.68. The average molecular weight is 221 g/mol. The second-order valence-electron chi connectivity index (χ2n) is 3.63. The first-order chi connectivity index (χ1) is 7.58. The first-order valence-corrected chi connectivity index (χ1v) is 5.11. The van der Waals surface area contributed by atoms with Crippen LogP contribution in [0.4, 0.5) is 0 Å². The van der Waals surface area contributed by atoms with E-state index >= 15 is 0 Å². The van der Waals surface area contributed by atoms with Crippen molar-refractivity contribution in [3.8, 4) is 0 Å². The maximum Gasteiger partial charge on any atom is 0.220 e. The molecule has 1 amide bonds. The van der Waals surface area contributed by atoms with E-state index in [1.54, 1.807) is 12.4 Å². The molecule has 0 spiro atoms. The molecule has 0 atom stereocenters. The molecule has 0 aliphatic carbocycles. The lowest BCUT2D eigenvalue weighted by Crippen LogP contribution is -2.23. The molecule has 0 aliphatic rings. The number of hydrogen-bond acceptors (Lipinski definition) is 4. The van der Waals surface area contributed by atoms with E-state index in [-0.39, 0.29) is 24.5 Å². The molecule has 0 saturated heterocycles. The molecule has 0 fully saturated rings. The number of Topliss-reactive ketones (excluding diaryl/α,β-unsaturated/α-hetero) is 1. The minimum atomic E-state index is -0.141. The van der Waals surface area contributed by atoms with Gasteiger partial charge < -0.3 is 10.1 Å². The second-order valence-corrected chi connectivity index (χ2v) is 3.63. The molecule has 0 radical (unpaired) electrons. The summed E-state index contributed by atoms with van der Waals surface area (Å²) in [5.41, 5.74) is 1.55. The van der Waals surface area contributed by atoms with Crippen LogP contribution in [0.5, 0.6) is 0 Å². The van der Waals surface area contributed by atoms with Gasteiger partial charge in [0.25, 0.3) is 0 Å². The second kappa shape index (κ2) is 5.95. The van der Waals surface area contributed by atoms with Crippen LogP contribution in [0.1, 0.15) is 31.2 Å². The van der Waals surface area contributed by atoms with E-state index in [1.807, 2.05) is 6.92 Å². The molecule has 1 heterocycles. The summed E-state index contributed by atoms with van der Waals surface area (Å²) in [6.07, 6.45) is 3.79. The van der Waals surface area contributed by atoms with Gasteiger partial charge in [0, 0.05) is 19.0 Å². The van der Waals surface area contributed by atoms with Crippen molar-refractivity contribution in [2.24, 2.45) is 0 Å². The van der Waals surface area contributed by atoms with E-state index in [1.165, 1.54) is 6.92 Å². The molecule has 5 nitrogen and oxygen atoms in total. The van der Waals surface area contributed by atoms with Crippen LogP contribution in [0, 0.1) is 6.92 Å². The number of rotatable bonds is 5. The van der Waals surface area contributed by atoms with Crippen molar-refractivity contribution >= 4 is 11.7 Å². The number of aryl methyl sites for hydroxylation is 1. The lowest BCUT2D eigenvalue weighted by molar-refractivity contribution is -0.124. The molecule has 1 aromatic rings. The van der Waals surface area contributed by atoms with Crippen LogP contribution in [0.3, 0.4) is 0 Å². The minimum Gasteiger partial charge on any atom is -0.350 e. The van der Waals surface area contributed by atoms with Crippen LogP contribution in [0.2, 0.25) is 0 Å². The van der Waals surface area contributed by atoms with Gasteiger partial charge >= 0.3 is 0 Å². The third kappa shape index (κ3) is 4.63. The van der Waals surface area contributed by atoms with Gasteiger partial charge in [0.2, 0.25) is 5.91 Å². The summed E-state index contributed by atoms with van der Waals surface area (Å²) in [4.78, 5) is 30.1. The molecule has 1 N–H and O–H groups in total. The van der Waals surface area contributed by atoms with Crippen LogP contribution in [-0.4, -0.2) is 21.7 Å². The Morgan fingerprint density at radius 2 is 2.00 bits per heavy atom. The molecule has 0 aromatic carbocycles. The van der Waals surface area contributed by atoms with Crippen molar-refractivity contribution in [2.75, 3.05) is 0 Å². The average Bonchev–Trinajstić information content (AvgIpc) is 2.25. The van der Waals surface area contributed by atoms with Crippen molar-refractivity contribution in [3.63, 3.8) is 0 Å². The number of amides is 1. The smallest absolute Gasteiger partial charge is 0.220 e. The van der Waals surface area contributed by atoms with E-state index in [0.29, 0.717) is 12.2 Å². The first kappa shape index (κ1) is 12.3. The summed E-state index contributed by atoms with van der Waals surface area (Å²) >= 11 is 0. The van der Waals surface area contributed by atoms with Crippen LogP contribution in [0.15, 0.2) is 12.4 Å². The predicted molar refractivity (Wildman–Crippen MR) is 58.5 cm³/mol. The molecule has 1 aromatic heterocycles. The largest absolute Gasteiger partial charge is 0.350 e. The van der Waals surface area contributed by atoms with Crippen molar-refractivity contribution in [3.05, 3.63) is 23.8 Å². The Morgan fingerprint density at radius 1 is 1.25 bits per heavy atom. The molecular formula is C11H15N3O2. The molecular weight excluding hydrogens is 206 g/mol. The number of nitrogens with zero attached hydrogens (tertiary/aromatic N) is 2. The van der Waals surface area contributed by atoms with E-state index in [0.717, 1.165) is 5.69 Å². The Bertz CT molecular complexity index is 373. The number of carbonyl (C=O) groups is 2. The third-order valence-corrected chi connectivity index (χ3v) is 2.01. The number of aromatic nitrogens is 2. The van der Waals surface area contributed by atoms with Crippen LogP contribution in [0.25, 0.3) is 0 Å². The monoisotopic (exact) mass is 221 g/mol. The van der Waals surface area contributed by atoms with E-state index in [4.69, 9.17) is 0 Å². The van der Waals surface area contributed by atoms with Crippen molar-refractivity contribution in [1.29, 1.82) is 0 Å². The lowest BCUT2D eigenvalue weighted by Gasteiger charge is -2.03. The summed E-state index contributed by atoms with van der Waals surface area (Å²) < 4.78 is 0. The summed E-state index contributed by atoms with van der Waals surface area (Å²) in [5.74, 6) is -0.122. The van der Waals surface area contributed by atoms with Gasteiger partial charge in [-0.2, -0.15) is 0 Å². The lowest BCUT2D eigenvalue weighted by atomic mass is 10.2. The fourth-order valence-corrected chi connectivity index (χ4v) is 1.08. The van der Waals surface area contributed by atoms with Gasteiger partial charge in [0.05, 0.1) is 24.1 Å².